The molecule has 0 radical (unpaired) electrons. The Morgan fingerprint density at radius 2 is 2.14 bits per heavy atom. The van der Waals surface area contributed by atoms with Crippen LogP contribution in [0, 0.1) is 0 Å². The molecule has 1 aliphatic carbocycles. The Balaban J connectivity index is 1.95. The molecule has 2 N–H and O–H groups in total. The topological polar surface area (TPSA) is 78.1 Å². The minimum absolute atomic E-state index is 0.0626. The van der Waals surface area contributed by atoms with Gasteiger partial charge in [0.15, 0.2) is 0 Å². The fraction of sp³-hybridized carbons (Fsp3) is 0.625. The van der Waals surface area contributed by atoms with E-state index in [9.17, 15) is 4.79 Å². The molecule has 0 saturated heterocycles. The Labute approximate surface area is 85.3 Å². The molecular formula is C8H11N3O2S. The number of hydrogen-bond donors (Lipinski definition) is 1. The molecule has 6 heteroatoms. The van der Waals surface area contributed by atoms with Gasteiger partial charge in [0.1, 0.15) is 6.10 Å². The lowest BCUT2D eigenvalue weighted by molar-refractivity contribution is 0.0316. The van der Waals surface area contributed by atoms with E-state index in [0.717, 1.165) is 37.0 Å². The Bertz CT molecular complexity index is 333. The summed E-state index contributed by atoms with van der Waals surface area (Å²) in [7, 11) is 0. The number of ether oxygens (including phenoxy) is 1. The zero-order valence-corrected chi connectivity index (χ0v) is 8.42. The summed E-state index contributed by atoms with van der Waals surface area (Å²) >= 11 is 1.06. The first-order valence-corrected chi connectivity index (χ1v) is 5.37. The molecular weight excluding hydrogens is 202 g/mol. The van der Waals surface area contributed by atoms with Crippen LogP contribution in [0.3, 0.4) is 0 Å². The second-order valence-corrected chi connectivity index (χ2v) is 4.27. The number of aromatic nitrogens is 2. The SMILES string of the molecule is Nc1nnc(C(=O)OC2CCCC2)s1. The smallest absolute Gasteiger partial charge is 0.369 e. The summed E-state index contributed by atoms with van der Waals surface area (Å²) in [5.41, 5.74) is 5.36. The third-order valence-corrected chi connectivity index (χ3v) is 2.92. The van der Waals surface area contributed by atoms with Gasteiger partial charge >= 0.3 is 5.97 Å². The standard InChI is InChI=1S/C8H11N3O2S/c9-8-11-10-6(14-8)7(12)13-5-3-1-2-4-5/h5H,1-4H2,(H2,9,11). The van der Waals surface area contributed by atoms with E-state index in [1.165, 1.54) is 0 Å². The predicted octanol–water partition coefficient (Wildman–Crippen LogP) is 1.22. The summed E-state index contributed by atoms with van der Waals surface area (Å²) in [4.78, 5) is 11.4. The number of esters is 1. The largest absolute Gasteiger partial charge is 0.457 e. The van der Waals surface area contributed by atoms with Crippen LogP contribution in [0.5, 0.6) is 0 Å². The third-order valence-electron chi connectivity index (χ3n) is 2.19. The number of carbonyl (C=O) groups excluding carboxylic acids is 1. The van der Waals surface area contributed by atoms with Crippen LogP contribution in [0.15, 0.2) is 0 Å². The van der Waals surface area contributed by atoms with Crippen molar-refractivity contribution in [3.8, 4) is 0 Å². The molecule has 0 spiro atoms. The molecule has 0 amide bonds. The molecule has 1 saturated carbocycles. The second-order valence-electron chi connectivity index (χ2n) is 3.26. The highest BCUT2D eigenvalue weighted by Gasteiger charge is 2.22. The monoisotopic (exact) mass is 213 g/mol. The number of carbonyl (C=O) groups is 1. The molecule has 14 heavy (non-hydrogen) atoms. The van der Waals surface area contributed by atoms with Crippen LogP contribution < -0.4 is 5.73 Å². The van der Waals surface area contributed by atoms with E-state index >= 15 is 0 Å². The molecule has 0 atom stereocenters. The van der Waals surface area contributed by atoms with E-state index in [2.05, 4.69) is 10.2 Å². The van der Waals surface area contributed by atoms with Crippen molar-refractivity contribution in [1.29, 1.82) is 0 Å². The van der Waals surface area contributed by atoms with Gasteiger partial charge in [0.05, 0.1) is 0 Å². The molecule has 0 unspecified atom stereocenters. The first-order valence-electron chi connectivity index (χ1n) is 4.55. The van der Waals surface area contributed by atoms with Crippen LogP contribution in [-0.4, -0.2) is 22.3 Å². The molecule has 5 nitrogen and oxygen atoms in total. The average molecular weight is 213 g/mol. The minimum Gasteiger partial charge on any atom is -0.457 e. The first-order chi connectivity index (χ1) is 6.75. The quantitative estimate of drug-likeness (QED) is 0.747. The predicted molar refractivity (Wildman–Crippen MR) is 52.0 cm³/mol. The van der Waals surface area contributed by atoms with E-state index < -0.39 is 5.97 Å². The molecule has 76 valence electrons. The van der Waals surface area contributed by atoms with Crippen molar-refractivity contribution in [2.45, 2.75) is 31.8 Å². The Morgan fingerprint density at radius 3 is 2.71 bits per heavy atom. The van der Waals surface area contributed by atoms with Crippen molar-refractivity contribution in [3.05, 3.63) is 5.01 Å². The van der Waals surface area contributed by atoms with Gasteiger partial charge in [-0.05, 0) is 25.7 Å². The van der Waals surface area contributed by atoms with Crippen LogP contribution in [-0.2, 0) is 4.74 Å². The van der Waals surface area contributed by atoms with Crippen molar-refractivity contribution >= 4 is 22.4 Å². The van der Waals surface area contributed by atoms with Crippen molar-refractivity contribution in [3.63, 3.8) is 0 Å². The summed E-state index contributed by atoms with van der Waals surface area (Å²) in [5, 5.41) is 7.72. The Hall–Kier alpha value is -1.17. The molecule has 1 aromatic heterocycles. The lowest BCUT2D eigenvalue weighted by Crippen LogP contribution is -2.14. The van der Waals surface area contributed by atoms with Gasteiger partial charge in [-0.1, -0.05) is 11.3 Å². The number of anilines is 1. The van der Waals surface area contributed by atoms with Crippen molar-refractivity contribution < 1.29 is 9.53 Å². The summed E-state index contributed by atoms with van der Waals surface area (Å²) in [5.74, 6) is -0.397. The molecule has 0 aliphatic heterocycles. The first kappa shape index (κ1) is 9.39. The second kappa shape index (κ2) is 3.91. The van der Waals surface area contributed by atoms with Gasteiger partial charge in [-0.25, -0.2) is 4.79 Å². The van der Waals surface area contributed by atoms with Crippen LogP contribution in [0.4, 0.5) is 5.13 Å². The van der Waals surface area contributed by atoms with E-state index in [-0.39, 0.29) is 11.1 Å². The van der Waals surface area contributed by atoms with Crippen LogP contribution in [0.1, 0.15) is 35.5 Å². The molecule has 1 aliphatic rings. The van der Waals surface area contributed by atoms with Gasteiger partial charge < -0.3 is 10.5 Å². The number of nitrogens with zero attached hydrogens (tertiary/aromatic N) is 2. The lowest BCUT2D eigenvalue weighted by Gasteiger charge is -2.08. The molecule has 1 fully saturated rings. The highest BCUT2D eigenvalue weighted by atomic mass is 32.1. The third kappa shape index (κ3) is 2.01. The molecule has 0 aromatic carbocycles. The highest BCUT2D eigenvalue weighted by Crippen LogP contribution is 2.22. The Morgan fingerprint density at radius 1 is 1.43 bits per heavy atom. The fourth-order valence-corrected chi connectivity index (χ4v) is 2.02. The van der Waals surface area contributed by atoms with Gasteiger partial charge in [0.2, 0.25) is 10.1 Å². The van der Waals surface area contributed by atoms with E-state index in [1.807, 2.05) is 0 Å². The number of nitrogens with two attached hydrogens (primary N) is 1. The summed E-state index contributed by atoms with van der Waals surface area (Å²) in [6.07, 6.45) is 4.25. The minimum atomic E-state index is -0.397. The summed E-state index contributed by atoms with van der Waals surface area (Å²) < 4.78 is 5.22. The maximum absolute atomic E-state index is 11.4. The van der Waals surface area contributed by atoms with Crippen molar-refractivity contribution in [1.82, 2.24) is 10.2 Å². The molecule has 0 bridgehead atoms. The molecule has 1 heterocycles. The lowest BCUT2D eigenvalue weighted by atomic mass is 10.3. The van der Waals surface area contributed by atoms with Gasteiger partial charge in [0, 0.05) is 0 Å². The van der Waals surface area contributed by atoms with Crippen molar-refractivity contribution in [2.24, 2.45) is 0 Å². The molecule has 2 rings (SSSR count). The maximum atomic E-state index is 11.4. The molecule has 1 aromatic rings. The van der Waals surface area contributed by atoms with Crippen LogP contribution in [0.25, 0.3) is 0 Å². The van der Waals surface area contributed by atoms with E-state index in [4.69, 9.17) is 10.5 Å². The van der Waals surface area contributed by atoms with Gasteiger partial charge in [-0.15, -0.1) is 10.2 Å². The summed E-state index contributed by atoms with van der Waals surface area (Å²) in [6.45, 7) is 0. The van der Waals surface area contributed by atoms with Crippen LogP contribution >= 0.6 is 11.3 Å². The summed E-state index contributed by atoms with van der Waals surface area (Å²) in [6, 6.07) is 0. The zero-order chi connectivity index (χ0) is 9.97. The van der Waals surface area contributed by atoms with Gasteiger partial charge in [-0.3, -0.25) is 0 Å². The number of hydrogen-bond acceptors (Lipinski definition) is 6. The number of rotatable bonds is 2. The van der Waals surface area contributed by atoms with Gasteiger partial charge in [-0.2, -0.15) is 0 Å². The number of nitrogen functional groups attached to an aromatic ring is 1. The maximum Gasteiger partial charge on any atom is 0.369 e. The van der Waals surface area contributed by atoms with Crippen molar-refractivity contribution in [2.75, 3.05) is 5.73 Å². The normalized spacial score (nSPS) is 17.1. The average Bonchev–Trinajstić information content (AvgIpc) is 2.75. The van der Waals surface area contributed by atoms with E-state index in [0.29, 0.717) is 5.13 Å². The highest BCUT2D eigenvalue weighted by molar-refractivity contribution is 7.16. The Kier molecular flexibility index (Phi) is 2.62. The van der Waals surface area contributed by atoms with Gasteiger partial charge in [0.25, 0.3) is 0 Å². The van der Waals surface area contributed by atoms with E-state index in [1.54, 1.807) is 0 Å². The zero-order valence-electron chi connectivity index (χ0n) is 7.60. The van der Waals surface area contributed by atoms with Crippen LogP contribution in [0.2, 0.25) is 0 Å². The fourth-order valence-electron chi connectivity index (χ4n) is 1.53.